The molecule has 0 saturated heterocycles. The van der Waals surface area contributed by atoms with Crippen molar-refractivity contribution in [2.75, 3.05) is 0 Å². The monoisotopic (exact) mass is 220 g/mol. The van der Waals surface area contributed by atoms with Gasteiger partial charge in [-0.15, -0.1) is 5.06 Å². The first-order valence-corrected chi connectivity index (χ1v) is 5.30. The molecule has 1 aliphatic rings. The fraction of sp³-hybridized carbons (Fsp3) is 0.417. The number of nitrogens with zero attached hydrogens (tertiary/aromatic N) is 2. The Morgan fingerprint density at radius 2 is 1.88 bits per heavy atom. The van der Waals surface area contributed by atoms with E-state index in [-0.39, 0.29) is 0 Å². The average Bonchev–Trinajstić information content (AvgIpc) is 2.42. The second-order valence-corrected chi connectivity index (χ2v) is 4.60. The molecular formula is C12H16N2O2. The molecule has 16 heavy (non-hydrogen) atoms. The Labute approximate surface area is 95.0 Å². The molecule has 2 rings (SSSR count). The van der Waals surface area contributed by atoms with Crippen LogP contribution < -0.4 is 0 Å². The third kappa shape index (κ3) is 1.42. The number of hydroxylamine groups is 3. The first kappa shape index (κ1) is 11.1. The van der Waals surface area contributed by atoms with Crippen molar-refractivity contribution in [1.82, 2.24) is 5.06 Å². The Hall–Kier alpha value is -1.39. The standard InChI is InChI=1S/C12H16N2O2/c1-9-12(2,3)14(16)11(13(9)15)10-7-5-4-6-8-10/h4-8,11,16H,1-3H3/t11-/m1/s1. The molecule has 0 amide bonds. The molecule has 0 aromatic heterocycles. The van der Waals surface area contributed by atoms with E-state index in [4.69, 9.17) is 0 Å². The predicted molar refractivity (Wildman–Crippen MR) is 61.2 cm³/mol. The Kier molecular flexibility index (Phi) is 2.48. The minimum atomic E-state index is -0.642. The molecule has 1 atom stereocenters. The summed E-state index contributed by atoms with van der Waals surface area (Å²) in [5.74, 6) is 0. The zero-order valence-corrected chi connectivity index (χ0v) is 9.71. The van der Waals surface area contributed by atoms with Gasteiger partial charge in [-0.3, -0.25) is 0 Å². The van der Waals surface area contributed by atoms with E-state index < -0.39 is 11.7 Å². The van der Waals surface area contributed by atoms with Gasteiger partial charge in [-0.1, -0.05) is 30.3 Å². The summed E-state index contributed by atoms with van der Waals surface area (Å²) in [7, 11) is 0. The first-order valence-electron chi connectivity index (χ1n) is 5.30. The second kappa shape index (κ2) is 3.57. The first-order chi connectivity index (χ1) is 7.46. The van der Waals surface area contributed by atoms with Crippen LogP contribution in [0.15, 0.2) is 30.3 Å². The van der Waals surface area contributed by atoms with Gasteiger partial charge in [0.2, 0.25) is 0 Å². The van der Waals surface area contributed by atoms with Gasteiger partial charge in [0.05, 0.1) is 0 Å². The molecule has 1 aromatic carbocycles. The highest BCUT2D eigenvalue weighted by molar-refractivity contribution is 5.87. The van der Waals surface area contributed by atoms with Crippen LogP contribution in [-0.2, 0) is 0 Å². The summed E-state index contributed by atoms with van der Waals surface area (Å²) in [6.07, 6.45) is -0.642. The molecule has 86 valence electrons. The van der Waals surface area contributed by atoms with Crippen LogP contribution in [-0.4, -0.2) is 26.3 Å². The molecule has 0 spiro atoms. The maximum absolute atomic E-state index is 12.0. The van der Waals surface area contributed by atoms with Gasteiger partial charge in [0.15, 0.2) is 5.71 Å². The van der Waals surface area contributed by atoms with Crippen molar-refractivity contribution in [3.8, 4) is 0 Å². The molecule has 0 saturated carbocycles. The van der Waals surface area contributed by atoms with Crippen molar-refractivity contribution >= 4 is 5.71 Å². The highest BCUT2D eigenvalue weighted by atomic mass is 16.5. The fourth-order valence-corrected chi connectivity index (χ4v) is 1.93. The lowest BCUT2D eigenvalue weighted by Gasteiger charge is -2.25. The van der Waals surface area contributed by atoms with Gasteiger partial charge < -0.3 is 10.4 Å². The minimum Gasteiger partial charge on any atom is -0.622 e. The molecule has 1 aromatic rings. The van der Waals surface area contributed by atoms with E-state index in [9.17, 15) is 10.4 Å². The van der Waals surface area contributed by atoms with Gasteiger partial charge in [-0.25, -0.2) is 0 Å². The van der Waals surface area contributed by atoms with Crippen molar-refractivity contribution in [2.45, 2.75) is 32.5 Å². The van der Waals surface area contributed by atoms with Gasteiger partial charge in [0.1, 0.15) is 5.54 Å². The van der Waals surface area contributed by atoms with Crippen LogP contribution >= 0.6 is 0 Å². The van der Waals surface area contributed by atoms with E-state index in [1.165, 1.54) is 0 Å². The third-order valence-electron chi connectivity index (χ3n) is 3.34. The summed E-state index contributed by atoms with van der Waals surface area (Å²) >= 11 is 0. The Morgan fingerprint density at radius 1 is 1.31 bits per heavy atom. The summed E-state index contributed by atoms with van der Waals surface area (Å²) in [6, 6.07) is 9.29. The van der Waals surface area contributed by atoms with Crippen LogP contribution in [0, 0.1) is 5.21 Å². The SMILES string of the molecule is CC1=[N+]([O-])[C@@H](c2ccccc2)N(O)C1(C)C. The molecule has 1 aliphatic heterocycles. The lowest BCUT2D eigenvalue weighted by Crippen LogP contribution is -2.42. The van der Waals surface area contributed by atoms with Crippen LogP contribution in [0.2, 0.25) is 0 Å². The largest absolute Gasteiger partial charge is 0.622 e. The van der Waals surface area contributed by atoms with Gasteiger partial charge in [0.25, 0.3) is 6.17 Å². The molecular weight excluding hydrogens is 204 g/mol. The average molecular weight is 220 g/mol. The normalized spacial score (nSPS) is 25.1. The molecule has 1 heterocycles. The van der Waals surface area contributed by atoms with Crippen LogP contribution in [0.3, 0.4) is 0 Å². The summed E-state index contributed by atoms with van der Waals surface area (Å²) in [6.45, 7) is 5.41. The summed E-state index contributed by atoms with van der Waals surface area (Å²) < 4.78 is 0.870. The van der Waals surface area contributed by atoms with Gasteiger partial charge in [0, 0.05) is 12.5 Å². The van der Waals surface area contributed by atoms with Crippen LogP contribution in [0.5, 0.6) is 0 Å². The molecule has 0 aliphatic carbocycles. The summed E-state index contributed by atoms with van der Waals surface area (Å²) in [5, 5.41) is 23.2. The third-order valence-corrected chi connectivity index (χ3v) is 3.34. The maximum atomic E-state index is 12.0. The van der Waals surface area contributed by atoms with Crippen LogP contribution in [0.25, 0.3) is 0 Å². The molecule has 4 heteroatoms. The number of hydrogen-bond donors (Lipinski definition) is 1. The van der Waals surface area contributed by atoms with E-state index in [1.807, 2.05) is 44.2 Å². The lowest BCUT2D eigenvalue weighted by molar-refractivity contribution is -0.545. The zero-order valence-electron chi connectivity index (χ0n) is 9.71. The molecule has 4 nitrogen and oxygen atoms in total. The van der Waals surface area contributed by atoms with Gasteiger partial charge in [-0.05, 0) is 13.8 Å². The molecule has 0 unspecified atom stereocenters. The van der Waals surface area contributed by atoms with Crippen molar-refractivity contribution in [1.29, 1.82) is 0 Å². The Bertz CT molecular complexity index is 426. The van der Waals surface area contributed by atoms with Gasteiger partial charge in [-0.2, -0.15) is 4.74 Å². The highest BCUT2D eigenvalue weighted by Crippen LogP contribution is 2.34. The topological polar surface area (TPSA) is 49.5 Å². The van der Waals surface area contributed by atoms with Crippen molar-refractivity contribution < 1.29 is 9.95 Å². The predicted octanol–water partition coefficient (Wildman–Crippen LogP) is 2.14. The van der Waals surface area contributed by atoms with E-state index in [0.29, 0.717) is 5.71 Å². The van der Waals surface area contributed by atoms with Crippen LogP contribution in [0.1, 0.15) is 32.5 Å². The van der Waals surface area contributed by atoms with E-state index in [0.717, 1.165) is 15.4 Å². The van der Waals surface area contributed by atoms with E-state index in [1.54, 1.807) is 6.92 Å². The van der Waals surface area contributed by atoms with E-state index >= 15 is 0 Å². The zero-order chi connectivity index (χ0) is 11.9. The van der Waals surface area contributed by atoms with Crippen molar-refractivity contribution in [2.24, 2.45) is 0 Å². The quantitative estimate of drug-likeness (QED) is 0.582. The van der Waals surface area contributed by atoms with Crippen LogP contribution in [0.4, 0.5) is 0 Å². The smallest absolute Gasteiger partial charge is 0.267 e. The van der Waals surface area contributed by atoms with Crippen molar-refractivity contribution in [3.05, 3.63) is 41.1 Å². The second-order valence-electron chi connectivity index (χ2n) is 4.60. The lowest BCUT2D eigenvalue weighted by atomic mass is 10.0. The number of benzene rings is 1. The maximum Gasteiger partial charge on any atom is 0.267 e. The highest BCUT2D eigenvalue weighted by Gasteiger charge is 2.49. The van der Waals surface area contributed by atoms with Gasteiger partial charge >= 0.3 is 0 Å². The minimum absolute atomic E-state index is 0.615. The number of hydrogen-bond acceptors (Lipinski definition) is 3. The summed E-state index contributed by atoms with van der Waals surface area (Å²) in [4.78, 5) is 0. The summed E-state index contributed by atoms with van der Waals surface area (Å²) in [5.41, 5.74) is 0.788. The van der Waals surface area contributed by atoms with Crippen molar-refractivity contribution in [3.63, 3.8) is 0 Å². The molecule has 0 radical (unpaired) electrons. The Morgan fingerprint density at radius 3 is 2.31 bits per heavy atom. The number of rotatable bonds is 1. The molecule has 0 bridgehead atoms. The molecule has 0 fully saturated rings. The fourth-order valence-electron chi connectivity index (χ4n) is 1.93. The molecule has 1 N–H and O–H groups in total. The Balaban J connectivity index is 2.46. The van der Waals surface area contributed by atoms with E-state index in [2.05, 4.69) is 0 Å².